The van der Waals surface area contributed by atoms with Crippen LogP contribution in [0.15, 0.2) is 47.6 Å². The minimum absolute atomic E-state index is 0.0234. The van der Waals surface area contributed by atoms with E-state index in [0.29, 0.717) is 63.4 Å². The van der Waals surface area contributed by atoms with Gasteiger partial charge in [-0.3, -0.25) is 19.2 Å². The van der Waals surface area contributed by atoms with Gasteiger partial charge in [0, 0.05) is 58.5 Å². The number of carbonyl (C=O) groups excluding carboxylic acids is 7. The lowest BCUT2D eigenvalue weighted by atomic mass is 9.78. The molecule has 17 atom stereocenters. The standard InChI is InChI=1S/C65H99NO21/c1-38-20-16-15-17-21-39(2)52(75-12)32-46-25-23-44(7)65(74,87-46)58(69)59(70)66-27-19-18-22-49(66)60(71)82-53(41(4)30-45-24-26-51(54(31-45)76-13)83-61(72)78-34-47-36-80-63(8,9)85-47)33-50(67)40(3)29-43(6)56(57(77-14)55(68)42(5)28-38)84-62(73)79-35-48-37-81-64(10,11)86-48/h15-17,20-21,29,38,40-42,44-49,51-54,56-57,74H,18-19,22-28,30-37H2,1-14H3/b17-15+,20-16+,39-21+,43-29+/t38-,40-,41+,42-,44-,45+,46?,47?,48?,49?,51-,52+,53+,54-,56-,57+,65-/m1/s1. The second kappa shape index (κ2) is 32.2. The Kier molecular flexibility index (Phi) is 26.3. The van der Waals surface area contributed by atoms with Gasteiger partial charge in [0.2, 0.25) is 5.79 Å². The van der Waals surface area contributed by atoms with Crippen molar-refractivity contribution >= 4 is 41.5 Å². The van der Waals surface area contributed by atoms with Crippen LogP contribution in [-0.4, -0.2) is 184 Å². The van der Waals surface area contributed by atoms with E-state index in [9.17, 15) is 38.7 Å². The molecule has 22 heteroatoms. The first kappa shape index (κ1) is 71.2. The summed E-state index contributed by atoms with van der Waals surface area (Å²) in [5.74, 6) is -10.9. The summed E-state index contributed by atoms with van der Waals surface area (Å²) in [4.78, 5) is 101. The van der Waals surface area contributed by atoms with E-state index in [4.69, 9.17) is 61.6 Å². The van der Waals surface area contributed by atoms with E-state index in [1.54, 1.807) is 68.6 Å². The third-order valence-electron chi connectivity index (χ3n) is 17.8. The molecule has 4 unspecified atom stereocenters. The van der Waals surface area contributed by atoms with Crippen molar-refractivity contribution in [2.75, 3.05) is 54.3 Å². The lowest BCUT2D eigenvalue weighted by molar-refractivity contribution is -0.265. The van der Waals surface area contributed by atoms with Crippen molar-refractivity contribution in [3.05, 3.63) is 47.6 Å². The Morgan fingerprint density at radius 2 is 1.38 bits per heavy atom. The fourth-order valence-electron chi connectivity index (χ4n) is 12.7. The lowest BCUT2D eigenvalue weighted by Crippen LogP contribution is -2.61. The number of hydrogen-bond acceptors (Lipinski definition) is 21. The molecule has 1 amide bonds. The highest BCUT2D eigenvalue weighted by atomic mass is 16.8. The number of carbonyl (C=O) groups is 7. The average molecular weight is 1230 g/mol. The predicted octanol–water partition coefficient (Wildman–Crippen LogP) is 8.81. The number of cyclic esters (lactones) is 1. The average Bonchev–Trinajstić information content (AvgIpc) is 1.70. The van der Waals surface area contributed by atoms with Gasteiger partial charge in [0.1, 0.15) is 49.5 Å². The van der Waals surface area contributed by atoms with Crippen molar-refractivity contribution in [1.29, 1.82) is 0 Å². The van der Waals surface area contributed by atoms with Crippen LogP contribution in [0.3, 0.4) is 0 Å². The summed E-state index contributed by atoms with van der Waals surface area (Å²) in [6.45, 7) is 19.7. The summed E-state index contributed by atoms with van der Waals surface area (Å²) in [5.41, 5.74) is 1.15. The third kappa shape index (κ3) is 20.0. The number of piperidine rings is 1. The number of esters is 1. The molecular weight excluding hydrogens is 1130 g/mol. The Bertz CT molecular complexity index is 2490. The molecule has 2 bridgehead atoms. The Hall–Kier alpha value is -4.91. The van der Waals surface area contributed by atoms with E-state index < -0.39 is 132 Å². The minimum atomic E-state index is -2.50. The van der Waals surface area contributed by atoms with Crippen LogP contribution in [0.1, 0.15) is 153 Å². The molecule has 5 aliphatic heterocycles. The number of allylic oxidation sites excluding steroid dienone is 6. The van der Waals surface area contributed by atoms with Gasteiger partial charge < -0.3 is 71.6 Å². The van der Waals surface area contributed by atoms with Crippen molar-refractivity contribution in [3.63, 3.8) is 0 Å². The van der Waals surface area contributed by atoms with Crippen LogP contribution in [0.4, 0.5) is 9.59 Å². The van der Waals surface area contributed by atoms with Crippen LogP contribution in [0.5, 0.6) is 0 Å². The Balaban J connectivity index is 1.30. The molecule has 1 saturated carbocycles. The summed E-state index contributed by atoms with van der Waals surface area (Å²) in [5, 5.41) is 12.1. The number of methoxy groups -OCH3 is 3. The van der Waals surface area contributed by atoms with Crippen LogP contribution < -0.4 is 0 Å². The normalized spacial score (nSPS) is 37.7. The van der Waals surface area contributed by atoms with Gasteiger partial charge >= 0.3 is 18.3 Å². The van der Waals surface area contributed by atoms with Crippen molar-refractivity contribution in [2.45, 2.75) is 232 Å². The van der Waals surface area contributed by atoms with E-state index in [2.05, 4.69) is 0 Å². The Labute approximate surface area is 513 Å². The molecule has 0 aromatic carbocycles. The highest BCUT2D eigenvalue weighted by Gasteiger charge is 2.53. The van der Waals surface area contributed by atoms with Gasteiger partial charge in [-0.15, -0.1) is 0 Å². The highest BCUT2D eigenvalue weighted by Crippen LogP contribution is 2.39. The fourth-order valence-corrected chi connectivity index (χ4v) is 12.7. The molecule has 0 aromatic heterocycles. The Morgan fingerprint density at radius 1 is 0.724 bits per heavy atom. The van der Waals surface area contributed by atoms with Gasteiger partial charge in [-0.05, 0) is 135 Å². The maximum absolute atomic E-state index is 14.8. The first-order valence-corrected chi connectivity index (χ1v) is 31.2. The molecule has 490 valence electrons. The molecule has 1 N–H and O–H groups in total. The maximum atomic E-state index is 14.8. The van der Waals surface area contributed by atoms with Gasteiger partial charge in [-0.1, -0.05) is 71.1 Å². The van der Waals surface area contributed by atoms with E-state index in [0.717, 1.165) is 10.5 Å². The van der Waals surface area contributed by atoms with Gasteiger partial charge in [0.05, 0.1) is 31.5 Å². The van der Waals surface area contributed by atoms with Crippen molar-refractivity contribution in [3.8, 4) is 0 Å². The van der Waals surface area contributed by atoms with E-state index in [-0.39, 0.29) is 75.6 Å². The van der Waals surface area contributed by atoms with Crippen LogP contribution in [0.2, 0.25) is 0 Å². The Morgan fingerprint density at radius 3 is 1.99 bits per heavy atom. The van der Waals surface area contributed by atoms with Crippen molar-refractivity contribution in [2.24, 2.45) is 35.5 Å². The van der Waals surface area contributed by atoms with Gasteiger partial charge in [-0.25, -0.2) is 14.4 Å². The zero-order valence-corrected chi connectivity index (χ0v) is 53.8. The molecule has 87 heavy (non-hydrogen) atoms. The zero-order chi connectivity index (χ0) is 64.0. The van der Waals surface area contributed by atoms with E-state index >= 15 is 0 Å². The molecule has 6 aliphatic rings. The SMILES string of the molecule is CO[C@H]1CC2CC[C@@H](C)[C@@](O)(O2)C(=O)C(=O)N2CCCCC2C(=O)O[C@H]([C@@H](C)C[C@@H]2CC[C@@H](OC(=O)OCC3COC(C)(C)O3)[C@H](OC)C2)CC(=O)[C@H](C)/C=C(\C)[C@@H](OC(=O)OCC2COC(C)(C)O2)[C@@H](OC)C(=O)[C@H](C)C[C@H](C)/C=C/C=C/C=C/1C. The molecule has 0 aromatic rings. The highest BCUT2D eigenvalue weighted by molar-refractivity contribution is 6.39. The predicted molar refractivity (Wildman–Crippen MR) is 315 cm³/mol. The number of fused-ring (bicyclic) bond motifs is 3. The molecular formula is C65H99NO21. The fraction of sp³-hybridized carbons (Fsp3) is 0.769. The second-order valence-electron chi connectivity index (χ2n) is 25.8. The molecule has 0 radical (unpaired) electrons. The molecule has 0 spiro atoms. The summed E-state index contributed by atoms with van der Waals surface area (Å²) in [6, 6.07) is -1.24. The first-order chi connectivity index (χ1) is 41.1. The number of nitrogens with zero attached hydrogens (tertiary/aromatic N) is 1. The number of aliphatic hydroxyl groups is 1. The first-order valence-electron chi connectivity index (χ1n) is 31.2. The van der Waals surface area contributed by atoms with Crippen LogP contribution in [0.25, 0.3) is 0 Å². The zero-order valence-electron chi connectivity index (χ0n) is 53.8. The lowest BCUT2D eigenvalue weighted by Gasteiger charge is -2.42. The largest absolute Gasteiger partial charge is 0.509 e. The number of rotatable bonds is 12. The number of ether oxygens (including phenoxy) is 13. The topological polar surface area (TPSA) is 263 Å². The molecule has 1 aliphatic carbocycles. The number of hydrogen-bond donors (Lipinski definition) is 1. The molecule has 5 fully saturated rings. The summed E-state index contributed by atoms with van der Waals surface area (Å²) in [6.07, 6.45) is 6.27. The molecule has 22 nitrogen and oxygen atoms in total. The van der Waals surface area contributed by atoms with Crippen LogP contribution in [0, 0.1) is 35.5 Å². The summed E-state index contributed by atoms with van der Waals surface area (Å²) in [7, 11) is 4.44. The third-order valence-corrected chi connectivity index (χ3v) is 17.8. The minimum Gasteiger partial charge on any atom is -0.460 e. The monoisotopic (exact) mass is 1230 g/mol. The van der Waals surface area contributed by atoms with Crippen molar-refractivity contribution in [1.82, 2.24) is 4.90 Å². The van der Waals surface area contributed by atoms with Gasteiger partial charge in [0.15, 0.2) is 29.6 Å². The smallest absolute Gasteiger partial charge is 0.460 e. The van der Waals surface area contributed by atoms with Gasteiger partial charge in [0.25, 0.3) is 11.7 Å². The summed E-state index contributed by atoms with van der Waals surface area (Å²) < 4.78 is 75.7. The maximum Gasteiger partial charge on any atom is 0.509 e. The van der Waals surface area contributed by atoms with Crippen LogP contribution in [-0.2, 0) is 85.6 Å². The number of ketones is 3. The quantitative estimate of drug-likeness (QED) is 0.0828. The van der Waals surface area contributed by atoms with Crippen molar-refractivity contribution < 1.29 is 100 Å². The molecule has 5 heterocycles. The van der Waals surface area contributed by atoms with E-state index in [1.807, 2.05) is 51.2 Å². The number of Topliss-reactive ketones (excluding diaryl/α,β-unsaturated/α-hetero) is 3. The second-order valence-corrected chi connectivity index (χ2v) is 25.8. The van der Waals surface area contributed by atoms with E-state index in [1.165, 1.54) is 14.2 Å². The number of amides is 1. The molecule has 6 rings (SSSR count). The van der Waals surface area contributed by atoms with Gasteiger partial charge in [-0.2, -0.15) is 0 Å². The molecule has 4 saturated heterocycles. The van der Waals surface area contributed by atoms with Crippen LogP contribution >= 0.6 is 0 Å². The summed E-state index contributed by atoms with van der Waals surface area (Å²) >= 11 is 0.